The average molecular weight is 432 g/mol. The molecule has 0 aromatic heterocycles. The Morgan fingerprint density at radius 2 is 1.86 bits per heavy atom. The van der Waals surface area contributed by atoms with Crippen molar-refractivity contribution in [3.63, 3.8) is 0 Å². The van der Waals surface area contributed by atoms with Gasteiger partial charge in [0.2, 0.25) is 5.91 Å². The maximum Gasteiger partial charge on any atom is 0.248 e. The van der Waals surface area contributed by atoms with E-state index in [1.54, 1.807) is 0 Å². The Balaban J connectivity index is 1.99. The molecule has 0 saturated heterocycles. The smallest absolute Gasteiger partial charge is 0.248 e. The van der Waals surface area contributed by atoms with Crippen molar-refractivity contribution < 1.29 is 9.53 Å². The number of amides is 1. The molecule has 0 bridgehead atoms. The highest BCUT2D eigenvalue weighted by molar-refractivity contribution is 9.25. The van der Waals surface area contributed by atoms with Crippen LogP contribution in [0, 0.1) is 5.41 Å². The van der Waals surface area contributed by atoms with Crippen LogP contribution in [0.4, 0.5) is 0 Å². The molecular formula is C16H20Br2N2O2. The molecule has 1 atom stereocenters. The Bertz CT molecular complexity index is 597. The third kappa shape index (κ3) is 3.71. The highest BCUT2D eigenvalue weighted by Crippen LogP contribution is 2.66. The van der Waals surface area contributed by atoms with Gasteiger partial charge in [-0.15, -0.1) is 0 Å². The summed E-state index contributed by atoms with van der Waals surface area (Å²) >= 11 is 6.96. The monoisotopic (exact) mass is 430 g/mol. The molecule has 0 aliphatic heterocycles. The molecule has 1 N–H and O–H groups in total. The maximum absolute atomic E-state index is 12.2. The van der Waals surface area contributed by atoms with Gasteiger partial charge in [-0.1, -0.05) is 31.9 Å². The largest absolute Gasteiger partial charge is 0.491 e. The van der Waals surface area contributed by atoms with Crippen LogP contribution in [-0.4, -0.2) is 21.0 Å². The van der Waals surface area contributed by atoms with E-state index >= 15 is 0 Å². The van der Waals surface area contributed by atoms with Crippen molar-refractivity contribution in [2.45, 2.75) is 43.5 Å². The summed E-state index contributed by atoms with van der Waals surface area (Å²) in [7, 11) is 0. The van der Waals surface area contributed by atoms with E-state index in [4.69, 9.17) is 4.74 Å². The van der Waals surface area contributed by atoms with Crippen LogP contribution in [0.5, 0.6) is 5.75 Å². The molecule has 1 fully saturated rings. The number of nitrogens with zero attached hydrogens (tertiary/aromatic N) is 1. The highest BCUT2D eigenvalue weighted by Gasteiger charge is 2.66. The van der Waals surface area contributed by atoms with Gasteiger partial charge in [-0.05, 0) is 63.9 Å². The van der Waals surface area contributed by atoms with Gasteiger partial charge in [-0.25, -0.2) is 5.43 Å². The van der Waals surface area contributed by atoms with E-state index in [0.29, 0.717) is 0 Å². The van der Waals surface area contributed by atoms with Gasteiger partial charge in [-0.2, -0.15) is 5.10 Å². The van der Waals surface area contributed by atoms with Crippen molar-refractivity contribution in [3.05, 3.63) is 29.8 Å². The molecule has 1 amide bonds. The molecule has 1 aromatic rings. The van der Waals surface area contributed by atoms with Crippen molar-refractivity contribution >= 4 is 43.5 Å². The van der Waals surface area contributed by atoms with E-state index in [9.17, 15) is 4.79 Å². The quantitative estimate of drug-likeness (QED) is 0.431. The first-order chi connectivity index (χ1) is 10.2. The number of hydrogen-bond donors (Lipinski definition) is 1. The van der Waals surface area contributed by atoms with E-state index in [1.807, 2.05) is 52.0 Å². The topological polar surface area (TPSA) is 50.7 Å². The van der Waals surface area contributed by atoms with E-state index < -0.39 is 5.41 Å². The molecule has 6 heteroatoms. The summed E-state index contributed by atoms with van der Waals surface area (Å²) < 4.78 is 5.29. The average Bonchev–Trinajstić information content (AvgIpc) is 2.96. The van der Waals surface area contributed by atoms with Gasteiger partial charge in [0.15, 0.2) is 0 Å². The molecule has 1 aromatic carbocycles. The van der Waals surface area contributed by atoms with E-state index in [0.717, 1.165) is 23.4 Å². The van der Waals surface area contributed by atoms with Crippen LogP contribution >= 0.6 is 31.9 Å². The van der Waals surface area contributed by atoms with Crippen molar-refractivity contribution in [1.82, 2.24) is 5.43 Å². The van der Waals surface area contributed by atoms with Crippen LogP contribution in [0.25, 0.3) is 0 Å². The summed E-state index contributed by atoms with van der Waals surface area (Å²) in [5, 5.41) is 4.19. The summed E-state index contributed by atoms with van der Waals surface area (Å²) in [4.78, 5) is 12.2. The molecule has 2 rings (SSSR count). The van der Waals surface area contributed by atoms with E-state index in [-0.39, 0.29) is 15.2 Å². The summed E-state index contributed by atoms with van der Waals surface area (Å²) in [6.45, 7) is 7.74. The number of hydrogen-bond acceptors (Lipinski definition) is 3. The lowest BCUT2D eigenvalue weighted by molar-refractivity contribution is -0.125. The first-order valence-electron chi connectivity index (χ1n) is 7.15. The molecule has 4 nitrogen and oxygen atoms in total. The van der Waals surface area contributed by atoms with Crippen molar-refractivity contribution in [1.29, 1.82) is 0 Å². The molecule has 1 unspecified atom stereocenters. The Morgan fingerprint density at radius 3 is 2.32 bits per heavy atom. The van der Waals surface area contributed by atoms with Crippen molar-refractivity contribution in [3.8, 4) is 5.75 Å². The first kappa shape index (κ1) is 17.5. The van der Waals surface area contributed by atoms with Crippen LogP contribution in [0.15, 0.2) is 29.4 Å². The van der Waals surface area contributed by atoms with Crippen LogP contribution in [0.3, 0.4) is 0 Å². The molecule has 22 heavy (non-hydrogen) atoms. The second-order valence-corrected chi connectivity index (χ2v) is 9.81. The summed E-state index contributed by atoms with van der Waals surface area (Å²) in [5.41, 5.74) is 3.88. The van der Waals surface area contributed by atoms with Crippen LogP contribution in [-0.2, 0) is 4.79 Å². The van der Waals surface area contributed by atoms with Gasteiger partial charge in [-0.3, -0.25) is 4.79 Å². The third-order valence-corrected chi connectivity index (χ3v) is 6.04. The Hall–Kier alpha value is -0.880. The summed E-state index contributed by atoms with van der Waals surface area (Å²) in [6, 6.07) is 7.67. The molecule has 120 valence electrons. The van der Waals surface area contributed by atoms with Gasteiger partial charge in [0.25, 0.3) is 0 Å². The minimum Gasteiger partial charge on any atom is -0.491 e. The molecule has 0 spiro atoms. The fourth-order valence-electron chi connectivity index (χ4n) is 2.02. The van der Waals surface area contributed by atoms with Gasteiger partial charge < -0.3 is 4.74 Å². The Kier molecular flexibility index (Phi) is 5.02. The number of benzene rings is 1. The van der Waals surface area contributed by atoms with Gasteiger partial charge in [0.05, 0.1) is 20.5 Å². The standard InChI is InChI=1S/C16H20Br2N2O2/c1-10(2)22-13-7-5-12(6-8-13)11(3)19-20-14(21)15(4)9-16(15,17)18/h5-8,10H,9H2,1-4H3,(H,20,21). The molecule has 0 radical (unpaired) electrons. The number of ether oxygens (including phenoxy) is 1. The molecule has 1 aliphatic rings. The zero-order chi connectivity index (χ0) is 16.5. The third-order valence-electron chi connectivity index (χ3n) is 3.73. The number of alkyl halides is 2. The van der Waals surface area contributed by atoms with Crippen LogP contribution in [0.2, 0.25) is 0 Å². The number of carbonyl (C=O) groups excluding carboxylic acids is 1. The maximum atomic E-state index is 12.2. The number of hydrazone groups is 1. The first-order valence-corrected chi connectivity index (χ1v) is 8.74. The number of carbonyl (C=O) groups is 1. The highest BCUT2D eigenvalue weighted by atomic mass is 79.9. The second kappa shape index (κ2) is 6.32. The fraction of sp³-hybridized carbons (Fsp3) is 0.500. The molecule has 0 heterocycles. The Morgan fingerprint density at radius 1 is 1.32 bits per heavy atom. The minimum absolute atomic E-state index is 0.0969. The summed E-state index contributed by atoms with van der Waals surface area (Å²) in [5.74, 6) is 0.727. The van der Waals surface area contributed by atoms with Crippen molar-refractivity contribution in [2.75, 3.05) is 0 Å². The zero-order valence-corrected chi connectivity index (χ0v) is 16.3. The van der Waals surface area contributed by atoms with Gasteiger partial charge in [0, 0.05) is 0 Å². The molecule has 1 saturated carbocycles. The zero-order valence-electron chi connectivity index (χ0n) is 13.1. The lowest BCUT2D eigenvalue weighted by atomic mass is 10.1. The van der Waals surface area contributed by atoms with Crippen LogP contribution in [0.1, 0.15) is 39.7 Å². The molecular weight excluding hydrogens is 412 g/mol. The number of rotatable bonds is 5. The minimum atomic E-state index is -0.467. The lowest BCUT2D eigenvalue weighted by Crippen LogP contribution is -2.30. The van der Waals surface area contributed by atoms with Crippen LogP contribution < -0.4 is 10.2 Å². The predicted octanol–water partition coefficient (Wildman–Crippen LogP) is 4.21. The SMILES string of the molecule is CC(=NNC(=O)C1(C)CC1(Br)Br)c1ccc(OC(C)C)cc1. The van der Waals surface area contributed by atoms with Gasteiger partial charge in [0.1, 0.15) is 5.75 Å². The normalized spacial score (nSPS) is 23.3. The fourth-order valence-corrected chi connectivity index (χ4v) is 3.50. The number of halogens is 2. The van der Waals surface area contributed by atoms with E-state index in [2.05, 4.69) is 42.4 Å². The Labute approximate surface area is 148 Å². The molecule has 1 aliphatic carbocycles. The predicted molar refractivity (Wildman–Crippen MR) is 95.9 cm³/mol. The summed E-state index contributed by atoms with van der Waals surface area (Å²) in [6.07, 6.45) is 0.884. The lowest BCUT2D eigenvalue weighted by Gasteiger charge is -2.11. The second-order valence-electron chi connectivity index (χ2n) is 6.04. The number of nitrogens with one attached hydrogen (secondary N) is 1. The van der Waals surface area contributed by atoms with Crippen molar-refractivity contribution in [2.24, 2.45) is 10.5 Å². The van der Waals surface area contributed by atoms with Gasteiger partial charge >= 0.3 is 0 Å². The van der Waals surface area contributed by atoms with E-state index in [1.165, 1.54) is 0 Å².